The smallest absolute Gasteiger partial charge is 0.225 e. The molecule has 4 N–H and O–H groups in total. The Labute approximate surface area is 135 Å². The Balaban J connectivity index is 0. The highest BCUT2D eigenvalue weighted by Gasteiger charge is 2.26. The van der Waals surface area contributed by atoms with E-state index in [1.54, 1.807) is 0 Å². The molecule has 0 aliphatic heterocycles. The highest BCUT2D eigenvalue weighted by Crippen LogP contribution is 2.15. The van der Waals surface area contributed by atoms with Crippen molar-refractivity contribution < 1.29 is 9.59 Å². The summed E-state index contributed by atoms with van der Waals surface area (Å²) in [6.45, 7) is 12.4. The van der Waals surface area contributed by atoms with Crippen molar-refractivity contribution in [2.75, 3.05) is 13.1 Å². The number of hydrogen-bond acceptors (Lipinski definition) is 3. The van der Waals surface area contributed by atoms with Crippen molar-refractivity contribution in [1.82, 2.24) is 10.6 Å². The third kappa shape index (κ3) is 9.69. The summed E-state index contributed by atoms with van der Waals surface area (Å²) >= 11 is 0. The summed E-state index contributed by atoms with van der Waals surface area (Å²) in [5.41, 5.74) is 4.95. The average Bonchev–Trinajstić information content (AvgIpc) is 2.26. The van der Waals surface area contributed by atoms with Crippen molar-refractivity contribution in [2.24, 2.45) is 17.1 Å². The Morgan fingerprint density at radius 1 is 1.14 bits per heavy atom. The van der Waals surface area contributed by atoms with Gasteiger partial charge in [0.2, 0.25) is 11.8 Å². The predicted molar refractivity (Wildman–Crippen MR) is 89.4 cm³/mol. The Bertz CT molecular complexity index is 340. The minimum Gasteiger partial charge on any atom is -0.355 e. The van der Waals surface area contributed by atoms with Crippen molar-refractivity contribution in [3.63, 3.8) is 0 Å². The number of hydrogen-bond donors (Lipinski definition) is 3. The number of nitrogens with one attached hydrogen (secondary N) is 2. The number of halogens is 1. The fraction of sp³-hybridized carbons (Fsp3) is 0.867. The molecule has 0 rings (SSSR count). The van der Waals surface area contributed by atoms with Crippen LogP contribution in [0.2, 0.25) is 0 Å². The molecule has 1 atom stereocenters. The van der Waals surface area contributed by atoms with Gasteiger partial charge in [-0.15, -0.1) is 12.4 Å². The molecule has 0 saturated carbocycles. The van der Waals surface area contributed by atoms with E-state index in [2.05, 4.69) is 24.5 Å². The third-order valence-electron chi connectivity index (χ3n) is 3.07. The second-order valence-corrected chi connectivity index (χ2v) is 7.17. The van der Waals surface area contributed by atoms with Crippen LogP contribution in [0.15, 0.2) is 0 Å². The van der Waals surface area contributed by atoms with Crippen LogP contribution in [0.3, 0.4) is 0 Å². The fourth-order valence-corrected chi connectivity index (χ4v) is 2.04. The quantitative estimate of drug-likeness (QED) is 0.669. The van der Waals surface area contributed by atoms with Crippen LogP contribution in [0, 0.1) is 11.3 Å². The van der Waals surface area contributed by atoms with Gasteiger partial charge in [-0.1, -0.05) is 34.6 Å². The van der Waals surface area contributed by atoms with Crippen LogP contribution in [0.4, 0.5) is 0 Å². The molecule has 0 aliphatic rings. The molecule has 1 unspecified atom stereocenters. The third-order valence-corrected chi connectivity index (χ3v) is 3.07. The number of carbonyl (C=O) groups excluding carboxylic acids is 2. The zero-order chi connectivity index (χ0) is 16.0. The van der Waals surface area contributed by atoms with Crippen molar-refractivity contribution in [3.8, 4) is 0 Å². The van der Waals surface area contributed by atoms with Crippen molar-refractivity contribution >= 4 is 24.2 Å². The van der Waals surface area contributed by atoms with E-state index in [4.69, 9.17) is 5.73 Å². The Hall–Kier alpha value is -0.810. The molecular weight excluding hydrogens is 290 g/mol. The molecule has 0 aromatic heterocycles. The monoisotopic (exact) mass is 321 g/mol. The summed E-state index contributed by atoms with van der Waals surface area (Å²) in [6, 6.07) is 0. The second-order valence-electron chi connectivity index (χ2n) is 7.17. The zero-order valence-corrected chi connectivity index (χ0v) is 15.0. The largest absolute Gasteiger partial charge is 0.355 e. The molecule has 0 radical (unpaired) electrons. The van der Waals surface area contributed by atoms with Gasteiger partial charge in [0, 0.05) is 30.5 Å². The van der Waals surface area contributed by atoms with Gasteiger partial charge in [0.05, 0.1) is 0 Å². The topological polar surface area (TPSA) is 84.2 Å². The lowest BCUT2D eigenvalue weighted by molar-refractivity contribution is -0.128. The van der Waals surface area contributed by atoms with E-state index in [0.29, 0.717) is 19.0 Å². The minimum atomic E-state index is -0.431. The Kier molecular flexibility index (Phi) is 9.91. The van der Waals surface area contributed by atoms with Gasteiger partial charge in [0.15, 0.2) is 0 Å². The maximum Gasteiger partial charge on any atom is 0.225 e. The lowest BCUT2D eigenvalue weighted by Crippen LogP contribution is -2.52. The normalized spacial score (nSPS) is 14.1. The van der Waals surface area contributed by atoms with Gasteiger partial charge < -0.3 is 16.4 Å². The van der Waals surface area contributed by atoms with Crippen LogP contribution in [-0.2, 0) is 9.59 Å². The second kappa shape index (κ2) is 9.26. The number of carbonyl (C=O) groups is 2. The molecule has 21 heavy (non-hydrogen) atoms. The highest BCUT2D eigenvalue weighted by molar-refractivity contribution is 5.85. The van der Waals surface area contributed by atoms with Gasteiger partial charge >= 0.3 is 0 Å². The van der Waals surface area contributed by atoms with Crippen LogP contribution in [-0.4, -0.2) is 30.4 Å². The van der Waals surface area contributed by atoms with Gasteiger partial charge in [-0.3, -0.25) is 9.59 Å². The molecule has 0 aromatic carbocycles. The number of rotatable bonds is 7. The molecule has 0 heterocycles. The van der Waals surface area contributed by atoms with E-state index < -0.39 is 5.41 Å². The molecular formula is C15H32ClN3O2. The van der Waals surface area contributed by atoms with Gasteiger partial charge in [-0.05, 0) is 19.3 Å². The highest BCUT2D eigenvalue weighted by atomic mass is 35.5. The van der Waals surface area contributed by atoms with Crippen LogP contribution >= 0.6 is 12.4 Å². The van der Waals surface area contributed by atoms with E-state index in [-0.39, 0.29) is 36.2 Å². The van der Waals surface area contributed by atoms with E-state index in [0.717, 1.165) is 6.42 Å². The Morgan fingerprint density at radius 2 is 1.67 bits per heavy atom. The van der Waals surface area contributed by atoms with Gasteiger partial charge in [0.1, 0.15) is 0 Å². The SMILES string of the molecule is CC(C)CC(C)(CN)NC(=O)CCNC(=O)C(C)(C)C.Cl. The van der Waals surface area contributed by atoms with Crippen LogP contribution in [0.1, 0.15) is 54.4 Å². The van der Waals surface area contributed by atoms with Gasteiger partial charge in [-0.25, -0.2) is 0 Å². The predicted octanol–water partition coefficient (Wildman–Crippen LogP) is 1.84. The lowest BCUT2D eigenvalue weighted by Gasteiger charge is -2.31. The molecule has 0 fully saturated rings. The average molecular weight is 322 g/mol. The molecule has 0 spiro atoms. The lowest BCUT2D eigenvalue weighted by atomic mass is 9.90. The molecule has 0 bridgehead atoms. The number of amides is 2. The van der Waals surface area contributed by atoms with Crippen molar-refractivity contribution in [3.05, 3.63) is 0 Å². The number of nitrogens with two attached hydrogens (primary N) is 1. The summed E-state index contributed by atoms with van der Waals surface area (Å²) in [5.74, 6) is 0.339. The molecule has 0 aromatic rings. The molecule has 5 nitrogen and oxygen atoms in total. The summed E-state index contributed by atoms with van der Waals surface area (Å²) in [7, 11) is 0. The maximum absolute atomic E-state index is 11.9. The van der Waals surface area contributed by atoms with E-state index >= 15 is 0 Å². The first-order valence-electron chi connectivity index (χ1n) is 7.29. The van der Waals surface area contributed by atoms with Crippen LogP contribution in [0.25, 0.3) is 0 Å². The fourth-order valence-electron chi connectivity index (χ4n) is 2.04. The maximum atomic E-state index is 11.9. The first-order chi connectivity index (χ1) is 9.00. The van der Waals surface area contributed by atoms with E-state index in [9.17, 15) is 9.59 Å². The molecule has 2 amide bonds. The standard InChI is InChI=1S/C15H31N3O2.ClH/c1-11(2)9-15(6,10-16)18-12(19)7-8-17-13(20)14(3,4)5;/h11H,7-10,16H2,1-6H3,(H,17,20)(H,18,19);1H. The first kappa shape index (κ1) is 22.5. The van der Waals surface area contributed by atoms with E-state index in [1.165, 1.54) is 0 Å². The summed E-state index contributed by atoms with van der Waals surface area (Å²) in [4.78, 5) is 23.6. The van der Waals surface area contributed by atoms with Crippen molar-refractivity contribution in [1.29, 1.82) is 0 Å². The van der Waals surface area contributed by atoms with Gasteiger partial charge in [-0.2, -0.15) is 0 Å². The van der Waals surface area contributed by atoms with Gasteiger partial charge in [0.25, 0.3) is 0 Å². The zero-order valence-electron chi connectivity index (χ0n) is 14.2. The van der Waals surface area contributed by atoms with Crippen LogP contribution < -0.4 is 16.4 Å². The summed E-state index contributed by atoms with van der Waals surface area (Å²) in [5, 5.41) is 5.74. The molecule has 0 aliphatic carbocycles. The van der Waals surface area contributed by atoms with E-state index in [1.807, 2.05) is 27.7 Å². The van der Waals surface area contributed by atoms with Crippen molar-refractivity contribution in [2.45, 2.75) is 59.9 Å². The van der Waals surface area contributed by atoms with Crippen LogP contribution in [0.5, 0.6) is 0 Å². The Morgan fingerprint density at radius 3 is 2.05 bits per heavy atom. The molecule has 6 heteroatoms. The summed E-state index contributed by atoms with van der Waals surface area (Å²) in [6.07, 6.45) is 1.11. The first-order valence-corrected chi connectivity index (χ1v) is 7.29. The molecule has 126 valence electrons. The molecule has 0 saturated heterocycles. The minimum absolute atomic E-state index is 0. The summed E-state index contributed by atoms with van der Waals surface area (Å²) < 4.78 is 0.